The second kappa shape index (κ2) is 8.72. The molecule has 0 unspecified atom stereocenters. The first kappa shape index (κ1) is 22.0. The van der Waals surface area contributed by atoms with Crippen molar-refractivity contribution >= 4 is 40.3 Å². The summed E-state index contributed by atoms with van der Waals surface area (Å²) < 4.78 is 9.35. The maximum Gasteiger partial charge on any atom is 0.332 e. The van der Waals surface area contributed by atoms with Gasteiger partial charge in [-0.1, -0.05) is 41.4 Å². The van der Waals surface area contributed by atoms with Crippen LogP contribution in [-0.2, 0) is 27.2 Å². The Labute approximate surface area is 193 Å². The highest BCUT2D eigenvalue weighted by molar-refractivity contribution is 6.35. The molecule has 8 nitrogen and oxygen atoms in total. The molecule has 0 saturated carbocycles. The first-order valence-corrected chi connectivity index (χ1v) is 10.5. The quantitative estimate of drug-likeness (QED) is 0.463. The van der Waals surface area contributed by atoms with Gasteiger partial charge in [-0.25, -0.2) is 4.79 Å². The van der Waals surface area contributed by atoms with Gasteiger partial charge in [0.2, 0.25) is 5.95 Å². The molecule has 0 aliphatic carbocycles. The molecule has 1 N–H and O–H groups in total. The number of nitrogens with zero attached hydrogens (tertiary/aromatic N) is 4. The van der Waals surface area contributed by atoms with Crippen LogP contribution in [0.5, 0.6) is 5.75 Å². The van der Waals surface area contributed by atoms with E-state index in [0.29, 0.717) is 33.7 Å². The summed E-state index contributed by atoms with van der Waals surface area (Å²) in [6.45, 7) is 0.723. The van der Waals surface area contributed by atoms with Crippen molar-refractivity contribution in [1.29, 1.82) is 0 Å². The topological polar surface area (TPSA) is 83.1 Å². The summed E-state index contributed by atoms with van der Waals surface area (Å²) in [6, 6.07) is 12.8. The van der Waals surface area contributed by atoms with Gasteiger partial charge >= 0.3 is 5.69 Å². The summed E-state index contributed by atoms with van der Waals surface area (Å²) >= 11 is 12.4. The molecule has 0 aliphatic rings. The third-order valence-corrected chi connectivity index (χ3v) is 5.89. The number of methoxy groups -OCH3 is 1. The number of nitrogens with one attached hydrogen (secondary N) is 1. The Bertz CT molecular complexity index is 1420. The van der Waals surface area contributed by atoms with Crippen molar-refractivity contribution in [1.82, 2.24) is 18.7 Å². The van der Waals surface area contributed by atoms with E-state index in [-0.39, 0.29) is 6.54 Å². The summed E-state index contributed by atoms with van der Waals surface area (Å²) in [5, 5.41) is 4.27. The van der Waals surface area contributed by atoms with E-state index in [4.69, 9.17) is 27.9 Å². The monoisotopic (exact) mass is 473 g/mol. The largest absolute Gasteiger partial charge is 0.497 e. The van der Waals surface area contributed by atoms with E-state index in [0.717, 1.165) is 21.4 Å². The fourth-order valence-electron chi connectivity index (χ4n) is 3.48. The molecule has 0 fully saturated rings. The van der Waals surface area contributed by atoms with E-state index in [1.54, 1.807) is 36.9 Å². The highest BCUT2D eigenvalue weighted by Gasteiger charge is 2.20. The zero-order valence-electron chi connectivity index (χ0n) is 17.7. The lowest BCUT2D eigenvalue weighted by atomic mass is 10.2. The van der Waals surface area contributed by atoms with E-state index in [9.17, 15) is 9.59 Å². The average molecular weight is 474 g/mol. The smallest absolute Gasteiger partial charge is 0.332 e. The number of rotatable bonds is 6. The number of halogens is 2. The van der Waals surface area contributed by atoms with Crippen LogP contribution in [0, 0.1) is 0 Å². The minimum Gasteiger partial charge on any atom is -0.497 e. The minimum absolute atomic E-state index is 0.269. The molecule has 2 heterocycles. The molecule has 4 aromatic rings. The van der Waals surface area contributed by atoms with Crippen LogP contribution in [0.1, 0.15) is 11.1 Å². The average Bonchev–Trinajstić information content (AvgIpc) is 3.15. The summed E-state index contributed by atoms with van der Waals surface area (Å²) in [5.74, 6) is 1.21. The molecule has 4 rings (SSSR count). The summed E-state index contributed by atoms with van der Waals surface area (Å²) in [7, 11) is 4.65. The Morgan fingerprint density at radius 2 is 1.75 bits per heavy atom. The summed E-state index contributed by atoms with van der Waals surface area (Å²) in [4.78, 5) is 30.0. The van der Waals surface area contributed by atoms with Crippen molar-refractivity contribution in [2.24, 2.45) is 14.1 Å². The van der Waals surface area contributed by atoms with Gasteiger partial charge in [0.1, 0.15) is 5.75 Å². The summed E-state index contributed by atoms with van der Waals surface area (Å²) in [5.41, 5.74) is 1.48. The number of benzene rings is 2. The molecule has 0 saturated heterocycles. The van der Waals surface area contributed by atoms with Gasteiger partial charge in [0.05, 0.1) is 13.7 Å². The number of hydrogen-bond donors (Lipinski definition) is 1. The lowest BCUT2D eigenvalue weighted by Crippen LogP contribution is -2.37. The third-order valence-electron chi connectivity index (χ3n) is 5.30. The lowest BCUT2D eigenvalue weighted by molar-refractivity contribution is 0.414. The van der Waals surface area contributed by atoms with Crippen molar-refractivity contribution in [3.63, 3.8) is 0 Å². The predicted molar refractivity (Wildman–Crippen MR) is 126 cm³/mol. The van der Waals surface area contributed by atoms with E-state index in [1.165, 1.54) is 11.6 Å². The molecular weight excluding hydrogens is 453 g/mol. The van der Waals surface area contributed by atoms with E-state index in [1.807, 2.05) is 24.3 Å². The normalized spacial score (nSPS) is 11.2. The maximum absolute atomic E-state index is 13.0. The standard InChI is InChI=1S/C22H21Cl2N5O3/c1-27-19-18(20(30)28(2)22(27)31)29(12-14-6-7-15(23)10-17(14)24)21(26-19)25-11-13-4-8-16(32-3)9-5-13/h4-10H,11-12H2,1-3H3,(H,25,26). The Morgan fingerprint density at radius 1 is 1.03 bits per heavy atom. The zero-order valence-corrected chi connectivity index (χ0v) is 19.2. The highest BCUT2D eigenvalue weighted by atomic mass is 35.5. The molecule has 0 spiro atoms. The fraction of sp³-hybridized carbons (Fsp3) is 0.227. The third kappa shape index (κ3) is 3.99. The number of ether oxygens (including phenoxy) is 1. The van der Waals surface area contributed by atoms with Crippen molar-refractivity contribution in [3.8, 4) is 5.75 Å². The highest BCUT2D eigenvalue weighted by Crippen LogP contribution is 2.25. The van der Waals surface area contributed by atoms with Crippen LogP contribution >= 0.6 is 23.2 Å². The fourth-order valence-corrected chi connectivity index (χ4v) is 3.95. The number of fused-ring (bicyclic) bond motifs is 1. The van der Waals surface area contributed by atoms with Crippen LogP contribution in [-0.4, -0.2) is 25.8 Å². The van der Waals surface area contributed by atoms with Gasteiger partial charge in [-0.15, -0.1) is 0 Å². The molecule has 32 heavy (non-hydrogen) atoms. The molecule has 2 aromatic carbocycles. The van der Waals surface area contributed by atoms with Crippen molar-refractivity contribution in [3.05, 3.63) is 84.5 Å². The van der Waals surface area contributed by atoms with Gasteiger partial charge in [0, 0.05) is 30.7 Å². The Morgan fingerprint density at radius 3 is 2.41 bits per heavy atom. The van der Waals surface area contributed by atoms with Crippen molar-refractivity contribution in [2.75, 3.05) is 12.4 Å². The van der Waals surface area contributed by atoms with Crippen LogP contribution in [0.15, 0.2) is 52.1 Å². The molecule has 166 valence electrons. The Kier molecular flexibility index (Phi) is 5.99. The molecule has 2 aromatic heterocycles. The van der Waals surface area contributed by atoms with E-state index < -0.39 is 11.2 Å². The first-order chi connectivity index (χ1) is 15.3. The van der Waals surface area contributed by atoms with Gasteiger partial charge in [-0.05, 0) is 35.4 Å². The molecule has 0 atom stereocenters. The van der Waals surface area contributed by atoms with E-state index >= 15 is 0 Å². The maximum atomic E-state index is 13.0. The number of imidazole rings is 1. The molecule has 10 heteroatoms. The first-order valence-electron chi connectivity index (χ1n) is 9.77. The number of anilines is 1. The second-order valence-corrected chi connectivity index (χ2v) is 8.18. The predicted octanol–water partition coefficient (Wildman–Crippen LogP) is 3.41. The van der Waals surface area contributed by atoms with Crippen LogP contribution in [0.3, 0.4) is 0 Å². The zero-order chi connectivity index (χ0) is 23.0. The molecule has 0 aliphatic heterocycles. The van der Waals surface area contributed by atoms with Crippen LogP contribution in [0.4, 0.5) is 5.95 Å². The Balaban J connectivity index is 1.82. The van der Waals surface area contributed by atoms with Gasteiger partial charge < -0.3 is 10.1 Å². The van der Waals surface area contributed by atoms with Crippen LogP contribution in [0.25, 0.3) is 11.2 Å². The summed E-state index contributed by atoms with van der Waals surface area (Å²) in [6.07, 6.45) is 0. The molecule has 0 bridgehead atoms. The Hall–Kier alpha value is -3.23. The molecule has 0 radical (unpaired) electrons. The lowest BCUT2D eigenvalue weighted by Gasteiger charge is -2.12. The van der Waals surface area contributed by atoms with E-state index in [2.05, 4.69) is 10.3 Å². The number of aromatic nitrogens is 4. The molecular formula is C22H21Cl2N5O3. The van der Waals surface area contributed by atoms with Crippen molar-refractivity contribution in [2.45, 2.75) is 13.1 Å². The van der Waals surface area contributed by atoms with Gasteiger partial charge in [-0.3, -0.25) is 18.5 Å². The van der Waals surface area contributed by atoms with Crippen LogP contribution in [0.2, 0.25) is 10.0 Å². The van der Waals surface area contributed by atoms with Crippen LogP contribution < -0.4 is 21.3 Å². The van der Waals surface area contributed by atoms with Crippen molar-refractivity contribution < 1.29 is 4.74 Å². The second-order valence-electron chi connectivity index (χ2n) is 7.34. The molecule has 0 amide bonds. The van der Waals surface area contributed by atoms with Gasteiger partial charge in [0.25, 0.3) is 5.56 Å². The minimum atomic E-state index is -0.446. The SMILES string of the molecule is COc1ccc(CNc2nc3c(c(=O)n(C)c(=O)n3C)n2Cc2ccc(Cl)cc2Cl)cc1. The van der Waals surface area contributed by atoms with Gasteiger partial charge in [0.15, 0.2) is 11.2 Å². The number of aryl methyl sites for hydroxylation is 1. The number of hydrogen-bond acceptors (Lipinski definition) is 5. The van der Waals surface area contributed by atoms with Gasteiger partial charge in [-0.2, -0.15) is 4.98 Å².